The van der Waals surface area contributed by atoms with Crippen molar-refractivity contribution in [1.82, 2.24) is 0 Å². The second-order valence-electron chi connectivity index (χ2n) is 4.19. The molecule has 2 rings (SSSR count). The summed E-state index contributed by atoms with van der Waals surface area (Å²) in [5, 5.41) is 0. The molecule has 0 heterocycles. The normalized spacial score (nSPS) is 14.1. The van der Waals surface area contributed by atoms with E-state index in [2.05, 4.69) is 0 Å². The summed E-state index contributed by atoms with van der Waals surface area (Å²) in [6.45, 7) is 0. The van der Waals surface area contributed by atoms with Crippen LogP contribution in [0, 0.1) is 6.42 Å². The fourth-order valence-electron chi connectivity index (χ4n) is 1.70. The number of rotatable bonds is 4. The van der Waals surface area contributed by atoms with Crippen molar-refractivity contribution in [3.63, 3.8) is 0 Å². The van der Waals surface area contributed by atoms with E-state index in [9.17, 15) is 9.11 Å². The second-order valence-corrected chi connectivity index (χ2v) is 6.95. The van der Waals surface area contributed by atoms with Gasteiger partial charge in [0.1, 0.15) is 12.5 Å². The molecule has 0 aliphatic rings. The lowest BCUT2D eigenvalue weighted by atomic mass is 10.1. The van der Waals surface area contributed by atoms with Crippen molar-refractivity contribution in [2.24, 2.45) is 0 Å². The quantitative estimate of drug-likeness (QED) is 0.813. The lowest BCUT2D eigenvalue weighted by molar-refractivity contribution is 0.600. The third kappa shape index (κ3) is 4.01. The van der Waals surface area contributed by atoms with E-state index in [0.717, 1.165) is 20.9 Å². The molecule has 0 saturated carbocycles. The van der Waals surface area contributed by atoms with E-state index in [0.29, 0.717) is 0 Å². The van der Waals surface area contributed by atoms with Crippen LogP contribution in [0.4, 0.5) is 0 Å². The molecule has 0 bridgehead atoms. The average molecular weight is 291 g/mol. The van der Waals surface area contributed by atoms with E-state index < -0.39 is 22.4 Å². The highest BCUT2D eigenvalue weighted by Crippen LogP contribution is 2.17. The standard InChI is InChI=1S/C15H15O2S2/c1-18(16)14-7-3-12(4-8-14)11-13-5-9-15(10-6-13)19(2)17/h3-11H,1-2H3. The van der Waals surface area contributed by atoms with Gasteiger partial charge in [-0.25, -0.2) is 0 Å². The van der Waals surface area contributed by atoms with Crippen LogP contribution in [0.15, 0.2) is 58.3 Å². The van der Waals surface area contributed by atoms with Gasteiger partial charge in [0.05, 0.1) is 0 Å². The van der Waals surface area contributed by atoms with Crippen LogP contribution in [0.2, 0.25) is 0 Å². The van der Waals surface area contributed by atoms with Gasteiger partial charge in [-0.3, -0.25) is 0 Å². The van der Waals surface area contributed by atoms with Crippen LogP contribution in [0.25, 0.3) is 0 Å². The largest absolute Gasteiger partial charge is 0.612 e. The molecular formula is C15H15O2S2. The minimum absolute atomic E-state index is 0.828. The predicted molar refractivity (Wildman–Crippen MR) is 80.1 cm³/mol. The Labute approximate surface area is 120 Å². The zero-order chi connectivity index (χ0) is 13.8. The summed E-state index contributed by atoms with van der Waals surface area (Å²) in [7, 11) is 0. The highest BCUT2D eigenvalue weighted by atomic mass is 32.2. The summed E-state index contributed by atoms with van der Waals surface area (Å²) in [6, 6.07) is 15.3. The molecule has 2 aromatic carbocycles. The monoisotopic (exact) mass is 291 g/mol. The zero-order valence-corrected chi connectivity index (χ0v) is 12.5. The van der Waals surface area contributed by atoms with E-state index in [1.807, 2.05) is 55.0 Å². The summed E-state index contributed by atoms with van der Waals surface area (Å²) in [5.74, 6) is 0. The summed E-state index contributed by atoms with van der Waals surface area (Å²) < 4.78 is 22.6. The maximum atomic E-state index is 11.3. The molecule has 0 spiro atoms. The average Bonchev–Trinajstić information content (AvgIpc) is 2.40. The van der Waals surface area contributed by atoms with Crippen molar-refractivity contribution in [2.75, 3.05) is 12.5 Å². The van der Waals surface area contributed by atoms with Gasteiger partial charge in [-0.2, -0.15) is 0 Å². The Balaban J connectivity index is 2.08. The molecule has 99 valence electrons. The predicted octanol–water partition coefficient (Wildman–Crippen LogP) is 2.76. The van der Waals surface area contributed by atoms with E-state index in [1.54, 1.807) is 12.5 Å². The molecule has 1 radical (unpaired) electrons. The Hall–Kier alpha value is -0.940. The van der Waals surface area contributed by atoms with Gasteiger partial charge < -0.3 is 9.11 Å². The molecule has 2 nitrogen and oxygen atoms in total. The van der Waals surface area contributed by atoms with Crippen LogP contribution in [0.3, 0.4) is 0 Å². The minimum atomic E-state index is -0.940. The first-order valence-electron chi connectivity index (χ1n) is 5.78. The lowest BCUT2D eigenvalue weighted by Crippen LogP contribution is -1.98. The number of benzene rings is 2. The molecule has 0 aliphatic heterocycles. The Kier molecular flexibility index (Phi) is 4.93. The van der Waals surface area contributed by atoms with Crippen molar-refractivity contribution < 1.29 is 9.11 Å². The molecule has 0 saturated heterocycles. The van der Waals surface area contributed by atoms with Crippen molar-refractivity contribution in [2.45, 2.75) is 9.79 Å². The highest BCUT2D eigenvalue weighted by Gasteiger charge is 2.06. The number of hydrogen-bond acceptors (Lipinski definition) is 2. The van der Waals surface area contributed by atoms with Crippen molar-refractivity contribution in [1.29, 1.82) is 0 Å². The second kappa shape index (κ2) is 6.48. The smallest absolute Gasteiger partial charge is 0.152 e. The molecule has 0 N–H and O–H groups in total. The van der Waals surface area contributed by atoms with Crippen LogP contribution in [0.5, 0.6) is 0 Å². The van der Waals surface area contributed by atoms with Gasteiger partial charge in [0.2, 0.25) is 0 Å². The Morgan fingerprint density at radius 3 is 1.26 bits per heavy atom. The van der Waals surface area contributed by atoms with Crippen LogP contribution < -0.4 is 0 Å². The van der Waals surface area contributed by atoms with E-state index in [-0.39, 0.29) is 0 Å². The van der Waals surface area contributed by atoms with Gasteiger partial charge in [0.15, 0.2) is 9.79 Å². The zero-order valence-electron chi connectivity index (χ0n) is 10.8. The summed E-state index contributed by atoms with van der Waals surface area (Å²) in [4.78, 5) is 1.66. The van der Waals surface area contributed by atoms with Gasteiger partial charge >= 0.3 is 0 Å². The van der Waals surface area contributed by atoms with Crippen molar-refractivity contribution in [3.05, 3.63) is 66.1 Å². The molecule has 0 aliphatic carbocycles. The molecular weight excluding hydrogens is 276 g/mol. The Bertz CT molecular complexity index is 469. The summed E-state index contributed by atoms with van der Waals surface area (Å²) in [5.41, 5.74) is 2.11. The fourth-order valence-corrected chi connectivity index (χ4v) is 2.74. The molecule has 0 fully saturated rings. The third-order valence-corrected chi connectivity index (χ3v) is 4.63. The fraction of sp³-hybridized carbons (Fsp3) is 0.133. The molecule has 2 atom stereocenters. The lowest BCUT2D eigenvalue weighted by Gasteiger charge is -2.07. The maximum Gasteiger partial charge on any atom is 0.152 e. The first-order chi connectivity index (χ1) is 9.06. The molecule has 0 aromatic heterocycles. The molecule has 2 aromatic rings. The van der Waals surface area contributed by atoms with Gasteiger partial charge in [-0.1, -0.05) is 24.3 Å². The molecule has 4 heteroatoms. The van der Waals surface area contributed by atoms with E-state index >= 15 is 0 Å². The van der Waals surface area contributed by atoms with E-state index in [1.165, 1.54) is 0 Å². The molecule has 2 unspecified atom stereocenters. The third-order valence-electron chi connectivity index (χ3n) is 2.76. The maximum absolute atomic E-state index is 11.3. The molecule has 19 heavy (non-hydrogen) atoms. The van der Waals surface area contributed by atoms with Crippen molar-refractivity contribution in [3.8, 4) is 0 Å². The first kappa shape index (κ1) is 14.5. The van der Waals surface area contributed by atoms with Gasteiger partial charge in [0, 0.05) is 6.42 Å². The van der Waals surface area contributed by atoms with Gasteiger partial charge in [-0.15, -0.1) is 0 Å². The van der Waals surface area contributed by atoms with E-state index in [4.69, 9.17) is 0 Å². The number of hydrogen-bond donors (Lipinski definition) is 0. The van der Waals surface area contributed by atoms with Gasteiger partial charge in [-0.05, 0) is 57.7 Å². The van der Waals surface area contributed by atoms with Crippen LogP contribution in [0.1, 0.15) is 11.1 Å². The van der Waals surface area contributed by atoms with Crippen LogP contribution >= 0.6 is 0 Å². The SMILES string of the molecule is C[S+]([O-])c1ccc([CH]c2ccc([S+](C)[O-])cc2)cc1. The first-order valence-corrected chi connectivity index (χ1v) is 8.89. The summed E-state index contributed by atoms with van der Waals surface area (Å²) >= 11 is -1.88. The highest BCUT2D eigenvalue weighted by molar-refractivity contribution is 7.91. The van der Waals surface area contributed by atoms with Crippen LogP contribution in [-0.4, -0.2) is 21.6 Å². The van der Waals surface area contributed by atoms with Crippen molar-refractivity contribution >= 4 is 22.4 Å². The summed E-state index contributed by atoms with van der Waals surface area (Å²) in [6.07, 6.45) is 5.37. The Morgan fingerprint density at radius 1 is 0.684 bits per heavy atom. The molecule has 0 amide bonds. The minimum Gasteiger partial charge on any atom is -0.612 e. The Morgan fingerprint density at radius 2 is 1.00 bits per heavy atom. The van der Waals surface area contributed by atoms with Crippen LogP contribution in [-0.2, 0) is 22.4 Å². The van der Waals surface area contributed by atoms with Gasteiger partial charge in [0.25, 0.3) is 0 Å². The topological polar surface area (TPSA) is 46.1 Å².